The molecule has 0 aromatic rings. The molecule has 2 atom stereocenters. The van der Waals surface area contributed by atoms with Gasteiger partial charge in [-0.15, -0.1) is 0 Å². The van der Waals surface area contributed by atoms with Crippen molar-refractivity contribution in [3.05, 3.63) is 0 Å². The van der Waals surface area contributed by atoms with Crippen LogP contribution in [-0.2, 0) is 4.74 Å². The molecule has 4 nitrogen and oxygen atoms in total. The maximum atomic E-state index is 12.1. The number of aliphatic hydroxyl groups is 1. The highest BCUT2D eigenvalue weighted by Crippen LogP contribution is 2.37. The Morgan fingerprint density at radius 2 is 1.75 bits per heavy atom. The minimum atomic E-state index is -0.472. The molecule has 1 N–H and O–H groups in total. The molecule has 1 saturated carbocycles. The summed E-state index contributed by atoms with van der Waals surface area (Å²) in [6.45, 7) is 8.99. The van der Waals surface area contributed by atoms with Crippen molar-refractivity contribution in [2.24, 2.45) is 17.8 Å². The molecule has 0 radical (unpaired) electrons. The minimum Gasteiger partial charge on any atom is -0.444 e. The Kier molecular flexibility index (Phi) is 4.62. The van der Waals surface area contributed by atoms with Crippen LogP contribution in [0.5, 0.6) is 0 Å². The lowest BCUT2D eigenvalue weighted by atomic mass is 9.75. The van der Waals surface area contributed by atoms with E-state index in [4.69, 9.17) is 4.74 Å². The first-order valence-electron chi connectivity index (χ1n) is 7.92. The normalized spacial score (nSPS) is 35.1. The highest BCUT2D eigenvalue weighted by atomic mass is 16.6. The fourth-order valence-corrected chi connectivity index (χ4v) is 3.46. The lowest BCUT2D eigenvalue weighted by molar-refractivity contribution is 0.0269. The van der Waals surface area contributed by atoms with Crippen molar-refractivity contribution in [3.63, 3.8) is 0 Å². The molecule has 2 rings (SSSR count). The first kappa shape index (κ1) is 15.6. The second-order valence-corrected chi connectivity index (χ2v) is 7.64. The zero-order valence-electron chi connectivity index (χ0n) is 13.3. The van der Waals surface area contributed by atoms with Gasteiger partial charge in [0.05, 0.1) is 12.6 Å². The maximum Gasteiger partial charge on any atom is 0.410 e. The molecule has 116 valence electrons. The summed E-state index contributed by atoms with van der Waals surface area (Å²) in [4.78, 5) is 13.8. The lowest BCUT2D eigenvalue weighted by Crippen LogP contribution is -2.36. The van der Waals surface area contributed by atoms with Crippen molar-refractivity contribution >= 4 is 6.09 Å². The number of nitrogens with zero attached hydrogens (tertiary/aromatic N) is 1. The summed E-state index contributed by atoms with van der Waals surface area (Å²) < 4.78 is 5.40. The van der Waals surface area contributed by atoms with E-state index in [9.17, 15) is 9.90 Å². The van der Waals surface area contributed by atoms with E-state index in [1.807, 2.05) is 20.8 Å². The predicted molar refractivity (Wildman–Crippen MR) is 78.4 cm³/mol. The van der Waals surface area contributed by atoms with Crippen molar-refractivity contribution in [1.29, 1.82) is 0 Å². The van der Waals surface area contributed by atoms with E-state index in [1.54, 1.807) is 4.90 Å². The quantitative estimate of drug-likeness (QED) is 0.804. The first-order valence-corrected chi connectivity index (χ1v) is 7.92. The van der Waals surface area contributed by atoms with Crippen LogP contribution >= 0.6 is 0 Å². The van der Waals surface area contributed by atoms with Crippen LogP contribution in [0.2, 0.25) is 0 Å². The van der Waals surface area contributed by atoms with Gasteiger partial charge in [-0.1, -0.05) is 19.8 Å². The van der Waals surface area contributed by atoms with E-state index in [0.717, 1.165) is 5.92 Å². The standard InChI is InChI=1S/C16H29NO3/c1-11-5-7-12(8-6-11)13-9-17(10-14(13)18)15(19)20-16(2,3)4/h11-14,18H,5-10H2,1-4H3. The van der Waals surface area contributed by atoms with Crippen LogP contribution in [0, 0.1) is 17.8 Å². The van der Waals surface area contributed by atoms with Gasteiger partial charge < -0.3 is 14.7 Å². The van der Waals surface area contributed by atoms with Gasteiger partial charge in [-0.3, -0.25) is 0 Å². The highest BCUT2D eigenvalue weighted by Gasteiger charge is 2.40. The number of hydrogen-bond donors (Lipinski definition) is 1. The lowest BCUT2D eigenvalue weighted by Gasteiger charge is -2.31. The largest absolute Gasteiger partial charge is 0.444 e. The number of ether oxygens (including phenoxy) is 1. The van der Waals surface area contributed by atoms with E-state index in [1.165, 1.54) is 25.7 Å². The Morgan fingerprint density at radius 3 is 2.30 bits per heavy atom. The number of carbonyl (C=O) groups is 1. The number of aliphatic hydroxyl groups excluding tert-OH is 1. The SMILES string of the molecule is CC1CCC(C2CN(C(=O)OC(C)(C)C)CC2O)CC1. The molecule has 0 aromatic heterocycles. The van der Waals surface area contributed by atoms with Gasteiger partial charge in [0.15, 0.2) is 0 Å². The molecule has 0 aromatic carbocycles. The van der Waals surface area contributed by atoms with E-state index >= 15 is 0 Å². The highest BCUT2D eigenvalue weighted by molar-refractivity contribution is 5.68. The van der Waals surface area contributed by atoms with Crippen molar-refractivity contribution < 1.29 is 14.6 Å². The van der Waals surface area contributed by atoms with Gasteiger partial charge in [-0.2, -0.15) is 0 Å². The molecule has 1 aliphatic carbocycles. The molecule has 1 aliphatic heterocycles. The van der Waals surface area contributed by atoms with Gasteiger partial charge in [-0.25, -0.2) is 4.79 Å². The summed E-state index contributed by atoms with van der Waals surface area (Å²) >= 11 is 0. The summed E-state index contributed by atoms with van der Waals surface area (Å²) in [6, 6.07) is 0. The number of likely N-dealkylation sites (tertiary alicyclic amines) is 1. The molecule has 2 unspecified atom stereocenters. The third-order valence-electron chi connectivity index (χ3n) is 4.65. The molecule has 0 bridgehead atoms. The fraction of sp³-hybridized carbons (Fsp3) is 0.938. The molecule has 1 amide bonds. The summed E-state index contributed by atoms with van der Waals surface area (Å²) in [5, 5.41) is 10.3. The number of β-amino-alcohol motifs (C(OH)–C–C–N with tert-alkyl or cyclic N) is 1. The van der Waals surface area contributed by atoms with Crippen LogP contribution in [0.3, 0.4) is 0 Å². The number of amides is 1. The molecule has 20 heavy (non-hydrogen) atoms. The van der Waals surface area contributed by atoms with E-state index < -0.39 is 5.60 Å². The van der Waals surface area contributed by atoms with Crippen LogP contribution in [0.15, 0.2) is 0 Å². The van der Waals surface area contributed by atoms with Gasteiger partial charge >= 0.3 is 6.09 Å². The van der Waals surface area contributed by atoms with Crippen molar-refractivity contribution in [3.8, 4) is 0 Å². The van der Waals surface area contributed by atoms with E-state index in [2.05, 4.69) is 6.92 Å². The number of carbonyl (C=O) groups excluding carboxylic acids is 1. The first-order chi connectivity index (χ1) is 9.26. The molecule has 2 aliphatic rings. The second kappa shape index (κ2) is 5.92. The molecule has 1 heterocycles. The van der Waals surface area contributed by atoms with Crippen LogP contribution < -0.4 is 0 Å². The second-order valence-electron chi connectivity index (χ2n) is 7.64. The van der Waals surface area contributed by atoms with Crippen LogP contribution in [0.1, 0.15) is 53.4 Å². The molecular formula is C16H29NO3. The Balaban J connectivity index is 1.90. The smallest absolute Gasteiger partial charge is 0.410 e. The summed E-state index contributed by atoms with van der Waals surface area (Å²) in [5.74, 6) is 1.61. The average molecular weight is 283 g/mol. The van der Waals surface area contributed by atoms with Gasteiger partial charge in [0.25, 0.3) is 0 Å². The monoisotopic (exact) mass is 283 g/mol. The van der Waals surface area contributed by atoms with Crippen molar-refractivity contribution in [1.82, 2.24) is 4.90 Å². The Bertz CT molecular complexity index is 342. The fourth-order valence-electron chi connectivity index (χ4n) is 3.46. The molecule has 1 saturated heterocycles. The van der Waals surface area contributed by atoms with Crippen molar-refractivity contribution in [2.45, 2.75) is 65.1 Å². The molecule has 4 heteroatoms. The average Bonchev–Trinajstić information content (AvgIpc) is 2.70. The Labute approximate surface area is 122 Å². The van der Waals surface area contributed by atoms with Gasteiger partial charge in [0.1, 0.15) is 5.60 Å². The van der Waals surface area contributed by atoms with Gasteiger partial charge in [0, 0.05) is 12.5 Å². The number of hydrogen-bond acceptors (Lipinski definition) is 3. The molecule has 2 fully saturated rings. The van der Waals surface area contributed by atoms with Crippen LogP contribution in [-0.4, -0.2) is 40.9 Å². The van der Waals surface area contributed by atoms with Gasteiger partial charge in [0.2, 0.25) is 0 Å². The third-order valence-corrected chi connectivity index (χ3v) is 4.65. The summed E-state index contributed by atoms with van der Waals surface area (Å²) in [7, 11) is 0. The number of rotatable bonds is 1. The Hall–Kier alpha value is -0.770. The molecular weight excluding hydrogens is 254 g/mol. The van der Waals surface area contributed by atoms with Crippen LogP contribution in [0.25, 0.3) is 0 Å². The van der Waals surface area contributed by atoms with Crippen LogP contribution in [0.4, 0.5) is 4.79 Å². The summed E-state index contributed by atoms with van der Waals surface area (Å²) in [6.07, 6.45) is 4.20. The zero-order valence-corrected chi connectivity index (χ0v) is 13.3. The van der Waals surface area contributed by atoms with Crippen molar-refractivity contribution in [2.75, 3.05) is 13.1 Å². The zero-order chi connectivity index (χ0) is 14.9. The maximum absolute atomic E-state index is 12.1. The topological polar surface area (TPSA) is 49.8 Å². The molecule has 0 spiro atoms. The predicted octanol–water partition coefficient (Wildman–Crippen LogP) is 3.04. The summed E-state index contributed by atoms with van der Waals surface area (Å²) in [5.41, 5.74) is -0.472. The minimum absolute atomic E-state index is 0.231. The van der Waals surface area contributed by atoms with E-state index in [0.29, 0.717) is 19.0 Å². The van der Waals surface area contributed by atoms with Gasteiger partial charge in [-0.05, 0) is 45.4 Å². The Morgan fingerprint density at radius 1 is 1.15 bits per heavy atom. The van der Waals surface area contributed by atoms with E-state index in [-0.39, 0.29) is 18.1 Å². The third kappa shape index (κ3) is 3.87.